The maximum Gasteiger partial charge on any atom is 0.0702 e. The molecule has 0 aliphatic carbocycles. The summed E-state index contributed by atoms with van der Waals surface area (Å²) in [5.74, 6) is 0. The van der Waals surface area contributed by atoms with Gasteiger partial charge in [0.1, 0.15) is 0 Å². The first-order valence-electron chi connectivity index (χ1n) is 17.5. The van der Waals surface area contributed by atoms with E-state index in [9.17, 15) is 0 Å². The average Bonchev–Trinajstić information content (AvgIpc) is 3.58. The summed E-state index contributed by atoms with van der Waals surface area (Å²) in [6.45, 7) is 0. The van der Waals surface area contributed by atoms with E-state index < -0.39 is 0 Å². The average molecular weight is 686 g/mol. The van der Waals surface area contributed by atoms with Gasteiger partial charge in [0.25, 0.3) is 0 Å². The van der Waals surface area contributed by atoms with Crippen LogP contribution in [0.3, 0.4) is 0 Å². The van der Waals surface area contributed by atoms with E-state index >= 15 is 0 Å². The Hall–Kier alpha value is -6.62. The van der Waals surface area contributed by atoms with Crippen LogP contribution in [0.1, 0.15) is 0 Å². The lowest BCUT2D eigenvalue weighted by atomic mass is 10.1. The van der Waals surface area contributed by atoms with Gasteiger partial charge in [0.05, 0.1) is 11.4 Å². The van der Waals surface area contributed by atoms with Gasteiger partial charge in [-0.15, -0.1) is 11.3 Å². The highest BCUT2D eigenvalue weighted by atomic mass is 32.1. The number of benzene rings is 8. The molecule has 0 radical (unpaired) electrons. The molecule has 0 aliphatic rings. The number of thiophene rings is 1. The number of hydrogen-bond acceptors (Lipinski definition) is 4. The molecule has 0 aliphatic heterocycles. The van der Waals surface area contributed by atoms with E-state index in [-0.39, 0.29) is 0 Å². The quantitative estimate of drug-likeness (QED) is 0.150. The molecule has 1 heterocycles. The van der Waals surface area contributed by atoms with Crippen LogP contribution < -0.4 is 14.7 Å². The normalized spacial score (nSPS) is 11.1. The van der Waals surface area contributed by atoms with Crippen molar-refractivity contribution < 1.29 is 0 Å². The van der Waals surface area contributed by atoms with E-state index in [1.807, 2.05) is 11.3 Å². The van der Waals surface area contributed by atoms with Crippen molar-refractivity contribution in [2.24, 2.45) is 0 Å². The molecule has 248 valence electrons. The number of para-hydroxylation sites is 7. The van der Waals surface area contributed by atoms with Crippen molar-refractivity contribution in [2.45, 2.75) is 0 Å². The zero-order chi connectivity index (χ0) is 34.7. The molecule has 0 amide bonds. The maximum atomic E-state index is 2.39. The lowest BCUT2D eigenvalue weighted by Crippen LogP contribution is -2.16. The van der Waals surface area contributed by atoms with E-state index in [0.29, 0.717) is 0 Å². The first-order chi connectivity index (χ1) is 25.8. The molecular weight excluding hydrogens is 651 g/mol. The summed E-state index contributed by atoms with van der Waals surface area (Å²) in [5, 5.41) is 2.48. The van der Waals surface area contributed by atoms with Crippen molar-refractivity contribution in [3.63, 3.8) is 0 Å². The molecule has 0 bridgehead atoms. The molecule has 0 atom stereocenters. The predicted octanol–water partition coefficient (Wildman–Crippen LogP) is 14.5. The van der Waals surface area contributed by atoms with Crippen molar-refractivity contribution in [3.05, 3.63) is 212 Å². The Kier molecular flexibility index (Phi) is 8.41. The first-order valence-corrected chi connectivity index (χ1v) is 18.3. The Balaban J connectivity index is 1.23. The third-order valence-electron chi connectivity index (χ3n) is 9.39. The maximum absolute atomic E-state index is 2.39. The molecule has 0 saturated carbocycles. The Morgan fingerprint density at radius 3 is 0.904 bits per heavy atom. The summed E-state index contributed by atoms with van der Waals surface area (Å²) in [7, 11) is 0. The van der Waals surface area contributed by atoms with Gasteiger partial charge in [-0.05, 0) is 109 Å². The van der Waals surface area contributed by atoms with E-state index in [4.69, 9.17) is 0 Å². The van der Waals surface area contributed by atoms with Crippen LogP contribution in [-0.4, -0.2) is 0 Å². The van der Waals surface area contributed by atoms with Crippen molar-refractivity contribution in [2.75, 3.05) is 14.7 Å². The molecule has 1 aromatic heterocycles. The molecular formula is C48H35N3S. The van der Waals surface area contributed by atoms with Crippen LogP contribution in [0.4, 0.5) is 51.2 Å². The predicted molar refractivity (Wildman–Crippen MR) is 223 cm³/mol. The highest BCUT2D eigenvalue weighted by Crippen LogP contribution is 2.47. The second-order valence-corrected chi connectivity index (χ2v) is 13.7. The number of fused-ring (bicyclic) bond motifs is 3. The molecule has 0 spiro atoms. The zero-order valence-electron chi connectivity index (χ0n) is 28.5. The second-order valence-electron chi connectivity index (χ2n) is 12.6. The summed E-state index contributed by atoms with van der Waals surface area (Å²) in [5.41, 5.74) is 9.94. The standard InChI is InChI=1S/C48H35N3S/c1-6-18-36(19-7-1)49(37-20-8-2-9-21-37)41-30-32-47-43(34-41)44-35-42(31-33-48(44)52-47)51(40-26-14-5-15-27-40)46-29-17-16-28-45(46)50(38-22-10-3-11-23-38)39-24-12-4-13-25-39/h1-35H. The van der Waals surface area contributed by atoms with Crippen LogP contribution in [0.15, 0.2) is 212 Å². The van der Waals surface area contributed by atoms with E-state index in [1.54, 1.807) is 0 Å². The number of nitrogens with zero attached hydrogens (tertiary/aromatic N) is 3. The highest BCUT2D eigenvalue weighted by molar-refractivity contribution is 7.25. The second kappa shape index (κ2) is 13.9. The molecule has 8 aromatic carbocycles. The van der Waals surface area contributed by atoms with Crippen LogP contribution in [0.25, 0.3) is 20.2 Å². The Morgan fingerprint density at radius 1 is 0.250 bits per heavy atom. The number of rotatable bonds is 9. The van der Waals surface area contributed by atoms with E-state index in [1.165, 1.54) is 20.2 Å². The fourth-order valence-corrected chi connectivity index (χ4v) is 8.13. The molecule has 9 rings (SSSR count). The number of anilines is 9. The van der Waals surface area contributed by atoms with Crippen LogP contribution in [0, 0.1) is 0 Å². The largest absolute Gasteiger partial charge is 0.310 e. The third kappa shape index (κ3) is 5.96. The minimum Gasteiger partial charge on any atom is -0.310 e. The van der Waals surface area contributed by atoms with Gasteiger partial charge in [0.2, 0.25) is 0 Å². The van der Waals surface area contributed by atoms with E-state index in [2.05, 4.69) is 227 Å². The fourth-order valence-electron chi connectivity index (χ4n) is 7.06. The van der Waals surface area contributed by atoms with Crippen molar-refractivity contribution >= 4 is 82.7 Å². The van der Waals surface area contributed by atoms with Gasteiger partial charge >= 0.3 is 0 Å². The Bertz CT molecular complexity index is 2490. The minimum absolute atomic E-state index is 1.08. The lowest BCUT2D eigenvalue weighted by molar-refractivity contribution is 1.23. The van der Waals surface area contributed by atoms with Gasteiger partial charge in [0, 0.05) is 60.0 Å². The summed E-state index contributed by atoms with van der Waals surface area (Å²) < 4.78 is 2.53. The first kappa shape index (κ1) is 31.4. The van der Waals surface area contributed by atoms with Crippen LogP contribution in [0.5, 0.6) is 0 Å². The van der Waals surface area contributed by atoms with Gasteiger partial charge in [-0.25, -0.2) is 0 Å². The molecule has 52 heavy (non-hydrogen) atoms. The molecule has 3 nitrogen and oxygen atoms in total. The van der Waals surface area contributed by atoms with Crippen molar-refractivity contribution in [1.82, 2.24) is 0 Å². The monoisotopic (exact) mass is 685 g/mol. The molecule has 0 fully saturated rings. The third-order valence-corrected chi connectivity index (χ3v) is 10.5. The van der Waals surface area contributed by atoms with Gasteiger partial charge in [-0.2, -0.15) is 0 Å². The highest BCUT2D eigenvalue weighted by Gasteiger charge is 2.22. The van der Waals surface area contributed by atoms with Gasteiger partial charge < -0.3 is 14.7 Å². The van der Waals surface area contributed by atoms with Crippen LogP contribution in [-0.2, 0) is 0 Å². The minimum atomic E-state index is 1.08. The summed E-state index contributed by atoms with van der Waals surface area (Å²) in [6, 6.07) is 75.6. The number of hydrogen-bond donors (Lipinski definition) is 0. The van der Waals surface area contributed by atoms with Crippen molar-refractivity contribution in [1.29, 1.82) is 0 Å². The molecule has 0 N–H and O–H groups in total. The Labute approximate surface area is 308 Å². The Morgan fingerprint density at radius 2 is 0.538 bits per heavy atom. The smallest absolute Gasteiger partial charge is 0.0702 e. The summed E-state index contributed by atoms with van der Waals surface area (Å²) in [4.78, 5) is 7.07. The topological polar surface area (TPSA) is 9.72 Å². The molecule has 9 aromatic rings. The van der Waals surface area contributed by atoms with Gasteiger partial charge in [-0.1, -0.05) is 103 Å². The van der Waals surface area contributed by atoms with Crippen LogP contribution >= 0.6 is 11.3 Å². The van der Waals surface area contributed by atoms with Gasteiger partial charge in [-0.3, -0.25) is 0 Å². The van der Waals surface area contributed by atoms with E-state index in [0.717, 1.165) is 51.2 Å². The van der Waals surface area contributed by atoms with Crippen LogP contribution in [0.2, 0.25) is 0 Å². The van der Waals surface area contributed by atoms with Crippen molar-refractivity contribution in [3.8, 4) is 0 Å². The zero-order valence-corrected chi connectivity index (χ0v) is 29.3. The SMILES string of the molecule is c1ccc(N(c2ccccc2)c2ccc3sc4ccc(N(c5ccccc5)c5ccccc5N(c5ccccc5)c5ccccc5)cc4c3c2)cc1. The summed E-state index contributed by atoms with van der Waals surface area (Å²) >= 11 is 1.84. The molecule has 0 unspecified atom stereocenters. The summed E-state index contributed by atoms with van der Waals surface area (Å²) in [6.07, 6.45) is 0. The molecule has 0 saturated heterocycles. The molecule has 4 heteroatoms. The lowest BCUT2D eigenvalue weighted by Gasteiger charge is -2.33. The fraction of sp³-hybridized carbons (Fsp3) is 0. The van der Waals surface area contributed by atoms with Gasteiger partial charge in [0.15, 0.2) is 0 Å².